The minimum Gasteiger partial charge on any atom is -0.398 e. The third-order valence-electron chi connectivity index (χ3n) is 3.03. The molecule has 2 aromatic rings. The van der Waals surface area contributed by atoms with Gasteiger partial charge in [0.05, 0.1) is 16.3 Å². The van der Waals surface area contributed by atoms with Gasteiger partial charge in [0.15, 0.2) is 9.84 Å². The van der Waals surface area contributed by atoms with Crippen LogP contribution in [0.2, 0.25) is 0 Å². The molecule has 2 rings (SSSR count). The van der Waals surface area contributed by atoms with Crippen molar-refractivity contribution >= 4 is 31.5 Å². The van der Waals surface area contributed by atoms with Crippen molar-refractivity contribution in [2.75, 3.05) is 11.5 Å². The molecule has 2 N–H and O–H groups in total. The van der Waals surface area contributed by atoms with E-state index in [2.05, 4.69) is 15.9 Å². The summed E-state index contributed by atoms with van der Waals surface area (Å²) >= 11 is 3.27. The lowest BCUT2D eigenvalue weighted by molar-refractivity contribution is 0.593. The van der Waals surface area contributed by atoms with Crippen molar-refractivity contribution in [3.05, 3.63) is 58.6 Å². The quantitative estimate of drug-likeness (QED) is 0.837. The van der Waals surface area contributed by atoms with Crippen LogP contribution < -0.4 is 5.73 Å². The molecule has 0 heterocycles. The molecule has 3 nitrogen and oxygen atoms in total. The van der Waals surface area contributed by atoms with Gasteiger partial charge in [0.1, 0.15) is 0 Å². The average Bonchev–Trinajstić information content (AvgIpc) is 2.42. The number of anilines is 1. The number of benzene rings is 2. The molecule has 0 spiro atoms. The van der Waals surface area contributed by atoms with Crippen LogP contribution in [0.3, 0.4) is 0 Å². The van der Waals surface area contributed by atoms with E-state index in [-0.39, 0.29) is 10.6 Å². The largest absolute Gasteiger partial charge is 0.398 e. The van der Waals surface area contributed by atoms with Gasteiger partial charge >= 0.3 is 0 Å². The maximum atomic E-state index is 12.3. The molecule has 5 heteroatoms. The first-order valence-corrected chi connectivity index (χ1v) is 8.75. The highest BCUT2D eigenvalue weighted by Crippen LogP contribution is 2.24. The van der Waals surface area contributed by atoms with Crippen molar-refractivity contribution < 1.29 is 8.42 Å². The van der Waals surface area contributed by atoms with Gasteiger partial charge < -0.3 is 5.73 Å². The van der Waals surface area contributed by atoms with E-state index < -0.39 is 9.84 Å². The Morgan fingerprint density at radius 1 is 1.05 bits per heavy atom. The van der Waals surface area contributed by atoms with Crippen molar-refractivity contribution in [1.82, 2.24) is 0 Å². The van der Waals surface area contributed by atoms with E-state index in [4.69, 9.17) is 5.73 Å². The van der Waals surface area contributed by atoms with Crippen LogP contribution in [0.15, 0.2) is 57.9 Å². The van der Waals surface area contributed by atoms with Gasteiger partial charge in [-0.1, -0.05) is 46.3 Å². The molecule has 106 valence electrons. The summed E-state index contributed by atoms with van der Waals surface area (Å²) in [5.41, 5.74) is 7.20. The number of halogens is 1. The first-order valence-electron chi connectivity index (χ1n) is 6.31. The van der Waals surface area contributed by atoms with Crippen LogP contribution in [-0.4, -0.2) is 14.2 Å². The Morgan fingerprint density at radius 3 is 2.45 bits per heavy atom. The molecule has 0 aliphatic rings. The monoisotopic (exact) mass is 353 g/mol. The van der Waals surface area contributed by atoms with Gasteiger partial charge in [0, 0.05) is 4.47 Å². The smallest absolute Gasteiger partial charge is 0.180 e. The van der Waals surface area contributed by atoms with Gasteiger partial charge in [-0.2, -0.15) is 0 Å². The second kappa shape index (κ2) is 6.41. The SMILES string of the molecule is Nc1ccc(Br)cc1S(=O)(=O)CCCc1ccccc1. The van der Waals surface area contributed by atoms with Crippen LogP contribution in [0, 0.1) is 0 Å². The van der Waals surface area contributed by atoms with Crippen LogP contribution in [0.25, 0.3) is 0 Å². The molecule has 0 unspecified atom stereocenters. The maximum Gasteiger partial charge on any atom is 0.180 e. The van der Waals surface area contributed by atoms with Crippen molar-refractivity contribution in [2.24, 2.45) is 0 Å². The molecule has 2 aromatic carbocycles. The lowest BCUT2D eigenvalue weighted by Gasteiger charge is -2.08. The van der Waals surface area contributed by atoms with Crippen LogP contribution in [0.4, 0.5) is 5.69 Å². The summed E-state index contributed by atoms with van der Waals surface area (Å²) in [6.45, 7) is 0. The highest BCUT2D eigenvalue weighted by molar-refractivity contribution is 9.10. The van der Waals surface area contributed by atoms with E-state index in [1.54, 1.807) is 18.2 Å². The van der Waals surface area contributed by atoms with Crippen molar-refractivity contribution in [3.63, 3.8) is 0 Å². The molecule has 0 aliphatic heterocycles. The third kappa shape index (κ3) is 3.84. The molecule has 0 radical (unpaired) electrons. The van der Waals surface area contributed by atoms with Crippen molar-refractivity contribution in [3.8, 4) is 0 Å². The predicted molar refractivity (Wildman–Crippen MR) is 85.4 cm³/mol. The normalized spacial score (nSPS) is 11.4. The summed E-state index contributed by atoms with van der Waals surface area (Å²) in [7, 11) is -3.34. The topological polar surface area (TPSA) is 60.2 Å². The lowest BCUT2D eigenvalue weighted by atomic mass is 10.1. The number of hydrogen-bond donors (Lipinski definition) is 1. The Kier molecular flexibility index (Phi) is 4.83. The summed E-state index contributed by atoms with van der Waals surface area (Å²) in [4.78, 5) is 0.208. The second-order valence-electron chi connectivity index (χ2n) is 4.59. The van der Waals surface area contributed by atoms with Crippen molar-refractivity contribution in [1.29, 1.82) is 0 Å². The third-order valence-corrected chi connectivity index (χ3v) is 5.38. The number of rotatable bonds is 5. The minimum absolute atomic E-state index is 0.0997. The fraction of sp³-hybridized carbons (Fsp3) is 0.200. The molecule has 0 amide bonds. The Hall–Kier alpha value is -1.33. The standard InChI is InChI=1S/C15H16BrNO2S/c16-13-8-9-14(17)15(11-13)20(18,19)10-4-7-12-5-2-1-3-6-12/h1-3,5-6,8-9,11H,4,7,10,17H2. The molecule has 0 aromatic heterocycles. The molecule has 20 heavy (non-hydrogen) atoms. The molecular weight excluding hydrogens is 338 g/mol. The van der Waals surface area contributed by atoms with Gasteiger partial charge in [0.25, 0.3) is 0 Å². The Bertz CT molecular complexity index is 684. The van der Waals surface area contributed by atoms with E-state index in [0.717, 1.165) is 12.0 Å². The number of sulfone groups is 1. The summed E-state index contributed by atoms with van der Waals surface area (Å²) < 4.78 is 25.3. The Labute approximate surface area is 127 Å². The number of aryl methyl sites for hydroxylation is 1. The van der Waals surface area contributed by atoms with Crippen LogP contribution >= 0.6 is 15.9 Å². The highest BCUT2D eigenvalue weighted by Gasteiger charge is 2.17. The zero-order valence-electron chi connectivity index (χ0n) is 10.9. The zero-order valence-corrected chi connectivity index (χ0v) is 13.3. The number of nitrogens with two attached hydrogens (primary N) is 1. The van der Waals surface area contributed by atoms with Gasteiger partial charge in [-0.05, 0) is 36.6 Å². The average molecular weight is 354 g/mol. The fourth-order valence-corrected chi connectivity index (χ4v) is 3.99. The van der Waals surface area contributed by atoms with Crippen molar-refractivity contribution in [2.45, 2.75) is 17.7 Å². The minimum atomic E-state index is -3.34. The first-order chi connectivity index (χ1) is 9.49. The fourth-order valence-electron chi connectivity index (χ4n) is 2.00. The molecule has 0 bridgehead atoms. The van der Waals surface area contributed by atoms with Crippen LogP contribution in [0.1, 0.15) is 12.0 Å². The summed E-state index contributed by atoms with van der Waals surface area (Å²) in [5, 5.41) is 0. The predicted octanol–water partition coefficient (Wildman–Crippen LogP) is 3.44. The second-order valence-corrected chi connectivity index (χ2v) is 7.58. The highest BCUT2D eigenvalue weighted by atomic mass is 79.9. The van der Waals surface area contributed by atoms with Gasteiger partial charge in [0.2, 0.25) is 0 Å². The van der Waals surface area contributed by atoms with E-state index in [1.807, 2.05) is 30.3 Å². The Balaban J connectivity index is 2.06. The van der Waals surface area contributed by atoms with Crippen LogP contribution in [-0.2, 0) is 16.3 Å². The lowest BCUT2D eigenvalue weighted by Crippen LogP contribution is -2.10. The Morgan fingerprint density at radius 2 is 1.75 bits per heavy atom. The van der Waals surface area contributed by atoms with E-state index in [0.29, 0.717) is 16.6 Å². The summed E-state index contributed by atoms with van der Waals surface area (Å²) in [6, 6.07) is 14.8. The zero-order chi connectivity index (χ0) is 14.6. The summed E-state index contributed by atoms with van der Waals surface area (Å²) in [6.07, 6.45) is 1.33. The maximum absolute atomic E-state index is 12.3. The molecule has 0 saturated carbocycles. The summed E-state index contributed by atoms with van der Waals surface area (Å²) in [5.74, 6) is 0.0997. The van der Waals surface area contributed by atoms with Gasteiger partial charge in [-0.3, -0.25) is 0 Å². The molecule has 0 fully saturated rings. The van der Waals surface area contributed by atoms with Crippen LogP contribution in [0.5, 0.6) is 0 Å². The van der Waals surface area contributed by atoms with E-state index in [1.165, 1.54) is 0 Å². The van der Waals surface area contributed by atoms with E-state index >= 15 is 0 Å². The number of hydrogen-bond acceptors (Lipinski definition) is 3. The molecule has 0 aliphatic carbocycles. The number of nitrogen functional groups attached to an aromatic ring is 1. The van der Waals surface area contributed by atoms with E-state index in [9.17, 15) is 8.42 Å². The first kappa shape index (κ1) is 15.1. The molecular formula is C15H16BrNO2S. The molecule has 0 saturated heterocycles. The van der Waals surface area contributed by atoms with Gasteiger partial charge in [-0.15, -0.1) is 0 Å². The van der Waals surface area contributed by atoms with Gasteiger partial charge in [-0.25, -0.2) is 8.42 Å². The molecule has 0 atom stereocenters.